The largest absolute Gasteiger partial charge is 0.424 e. The molecule has 24 heavy (non-hydrogen) atoms. The predicted octanol–water partition coefficient (Wildman–Crippen LogP) is 5.80. The zero-order chi connectivity index (χ0) is 16.5. The normalized spacial score (nSPS) is 12.3. The molecular formula is C20H15NO2S. The van der Waals surface area contributed by atoms with Crippen LogP contribution in [-0.4, -0.2) is 6.09 Å². The lowest BCUT2D eigenvalue weighted by Crippen LogP contribution is -2.31. The van der Waals surface area contributed by atoms with Gasteiger partial charge in [0.15, 0.2) is 0 Å². The quantitative estimate of drug-likeness (QED) is 0.564. The number of rotatable bonds is 1. The molecule has 0 saturated heterocycles. The molecule has 3 nitrogen and oxygen atoms in total. The van der Waals surface area contributed by atoms with Crippen LogP contribution in [0.2, 0.25) is 0 Å². The lowest BCUT2D eigenvalue weighted by Gasteiger charge is -2.30. The Morgan fingerprint density at radius 1 is 0.875 bits per heavy atom. The van der Waals surface area contributed by atoms with Crippen LogP contribution in [0.5, 0.6) is 5.75 Å². The van der Waals surface area contributed by atoms with Crippen LogP contribution >= 0.6 is 11.8 Å². The van der Waals surface area contributed by atoms with Crippen molar-refractivity contribution in [3.63, 3.8) is 0 Å². The first-order chi connectivity index (χ1) is 11.7. The van der Waals surface area contributed by atoms with Crippen LogP contribution in [0.3, 0.4) is 0 Å². The van der Waals surface area contributed by atoms with E-state index >= 15 is 0 Å². The van der Waals surface area contributed by atoms with E-state index in [1.807, 2.05) is 73.7 Å². The summed E-state index contributed by atoms with van der Waals surface area (Å²) in [6.45, 7) is 1.97. The van der Waals surface area contributed by atoms with Gasteiger partial charge >= 0.3 is 6.09 Å². The minimum Gasteiger partial charge on any atom is -0.410 e. The number of hydrogen-bond donors (Lipinski definition) is 0. The summed E-state index contributed by atoms with van der Waals surface area (Å²) in [4.78, 5) is 16.6. The Balaban J connectivity index is 1.75. The lowest BCUT2D eigenvalue weighted by atomic mass is 10.2. The first kappa shape index (κ1) is 14.8. The number of carbonyl (C=O) groups excluding carboxylic acids is 1. The maximum atomic E-state index is 12.9. The molecule has 4 heteroatoms. The van der Waals surface area contributed by atoms with Gasteiger partial charge in [-0.1, -0.05) is 48.2 Å². The molecule has 0 spiro atoms. The number of carbonyl (C=O) groups is 1. The first-order valence-corrected chi connectivity index (χ1v) is 8.48. The highest BCUT2D eigenvalue weighted by Gasteiger charge is 2.29. The molecule has 3 aromatic rings. The van der Waals surface area contributed by atoms with Gasteiger partial charge in [-0.15, -0.1) is 0 Å². The summed E-state index contributed by atoms with van der Waals surface area (Å²) in [5, 5.41) is 0. The summed E-state index contributed by atoms with van der Waals surface area (Å²) in [6, 6.07) is 23.2. The van der Waals surface area contributed by atoms with Crippen molar-refractivity contribution in [3.05, 3.63) is 78.4 Å². The van der Waals surface area contributed by atoms with Crippen LogP contribution in [0.4, 0.5) is 16.2 Å². The van der Waals surface area contributed by atoms with Gasteiger partial charge in [-0.25, -0.2) is 9.69 Å². The van der Waals surface area contributed by atoms with E-state index in [2.05, 4.69) is 0 Å². The molecule has 0 atom stereocenters. The Labute approximate surface area is 144 Å². The number of nitrogens with zero attached hydrogens (tertiary/aromatic N) is 1. The van der Waals surface area contributed by atoms with Gasteiger partial charge in [-0.2, -0.15) is 0 Å². The topological polar surface area (TPSA) is 29.5 Å². The van der Waals surface area contributed by atoms with E-state index < -0.39 is 6.09 Å². The molecular weight excluding hydrogens is 318 g/mol. The predicted molar refractivity (Wildman–Crippen MR) is 96.3 cm³/mol. The van der Waals surface area contributed by atoms with Crippen LogP contribution in [0, 0.1) is 6.92 Å². The van der Waals surface area contributed by atoms with E-state index in [0.29, 0.717) is 5.75 Å². The molecule has 0 aliphatic carbocycles. The fraction of sp³-hybridized carbons (Fsp3) is 0.0500. The van der Waals surface area contributed by atoms with Crippen molar-refractivity contribution >= 4 is 29.2 Å². The first-order valence-electron chi connectivity index (χ1n) is 7.67. The van der Waals surface area contributed by atoms with Crippen LogP contribution in [0.1, 0.15) is 5.56 Å². The second-order valence-electron chi connectivity index (χ2n) is 5.56. The SMILES string of the molecule is Cc1cccc(OC(=O)N2c3ccccc3Sc3ccccc32)c1. The Morgan fingerprint density at radius 3 is 2.12 bits per heavy atom. The minimum atomic E-state index is -0.402. The molecule has 0 fully saturated rings. The second-order valence-corrected chi connectivity index (χ2v) is 6.64. The summed E-state index contributed by atoms with van der Waals surface area (Å²) < 4.78 is 5.63. The van der Waals surface area contributed by atoms with Gasteiger partial charge in [0.25, 0.3) is 0 Å². The molecule has 0 unspecified atom stereocenters. The second kappa shape index (κ2) is 6.06. The van der Waals surface area contributed by atoms with Gasteiger partial charge < -0.3 is 4.74 Å². The molecule has 1 heterocycles. The van der Waals surface area contributed by atoms with Crippen LogP contribution < -0.4 is 9.64 Å². The van der Waals surface area contributed by atoms with E-state index in [4.69, 9.17) is 4.74 Å². The molecule has 1 aliphatic heterocycles. The zero-order valence-electron chi connectivity index (χ0n) is 13.1. The fourth-order valence-electron chi connectivity index (χ4n) is 2.73. The third-order valence-electron chi connectivity index (χ3n) is 3.81. The van der Waals surface area contributed by atoms with E-state index in [-0.39, 0.29) is 0 Å². The number of hydrogen-bond acceptors (Lipinski definition) is 3. The van der Waals surface area contributed by atoms with Gasteiger partial charge in [0.05, 0.1) is 11.4 Å². The van der Waals surface area contributed by atoms with Crippen LogP contribution in [-0.2, 0) is 0 Å². The number of ether oxygens (including phenoxy) is 1. The summed E-state index contributed by atoms with van der Waals surface area (Å²) in [5.41, 5.74) is 2.74. The van der Waals surface area contributed by atoms with Crippen LogP contribution in [0.25, 0.3) is 0 Å². The van der Waals surface area contributed by atoms with Crippen molar-refractivity contribution in [3.8, 4) is 5.75 Å². The van der Waals surface area contributed by atoms with E-state index in [1.54, 1.807) is 22.7 Å². The highest BCUT2D eigenvalue weighted by molar-refractivity contribution is 7.99. The van der Waals surface area contributed by atoms with Crippen molar-refractivity contribution in [1.29, 1.82) is 0 Å². The number of para-hydroxylation sites is 2. The molecule has 0 N–H and O–H groups in total. The van der Waals surface area contributed by atoms with Gasteiger partial charge in [0.2, 0.25) is 0 Å². The molecule has 0 bridgehead atoms. The van der Waals surface area contributed by atoms with Gasteiger partial charge in [-0.05, 0) is 48.9 Å². The van der Waals surface area contributed by atoms with E-state index in [1.165, 1.54) is 0 Å². The van der Waals surface area contributed by atoms with Crippen molar-refractivity contribution in [2.75, 3.05) is 4.90 Å². The summed E-state index contributed by atoms with van der Waals surface area (Å²) in [7, 11) is 0. The number of fused-ring (bicyclic) bond motifs is 2. The van der Waals surface area contributed by atoms with E-state index in [0.717, 1.165) is 26.7 Å². The molecule has 0 saturated carbocycles. The Morgan fingerprint density at radius 2 is 1.50 bits per heavy atom. The van der Waals surface area contributed by atoms with Crippen molar-refractivity contribution < 1.29 is 9.53 Å². The summed E-state index contributed by atoms with van der Waals surface area (Å²) in [5.74, 6) is 0.549. The lowest BCUT2D eigenvalue weighted by molar-refractivity contribution is 0.210. The Bertz CT molecular complexity index is 877. The molecule has 3 aromatic carbocycles. The maximum absolute atomic E-state index is 12.9. The maximum Gasteiger partial charge on any atom is 0.424 e. The minimum absolute atomic E-state index is 0.402. The molecule has 1 amide bonds. The monoisotopic (exact) mass is 333 g/mol. The highest BCUT2D eigenvalue weighted by Crippen LogP contribution is 2.48. The standard InChI is InChI=1S/C20H15NO2S/c1-14-7-6-8-15(13-14)23-20(22)21-16-9-2-4-11-18(16)24-19-12-5-3-10-17(19)21/h2-13H,1H3. The Hall–Kier alpha value is -2.72. The zero-order valence-corrected chi connectivity index (χ0v) is 13.9. The third-order valence-corrected chi connectivity index (χ3v) is 4.94. The summed E-state index contributed by atoms with van der Waals surface area (Å²) in [6.07, 6.45) is -0.402. The van der Waals surface area contributed by atoms with Gasteiger partial charge in [0.1, 0.15) is 5.75 Å². The number of aryl methyl sites for hydroxylation is 1. The van der Waals surface area contributed by atoms with Crippen molar-refractivity contribution in [2.24, 2.45) is 0 Å². The molecule has 118 valence electrons. The number of anilines is 2. The summed E-state index contributed by atoms with van der Waals surface area (Å²) >= 11 is 1.66. The smallest absolute Gasteiger partial charge is 0.410 e. The van der Waals surface area contributed by atoms with Crippen LogP contribution in [0.15, 0.2) is 82.6 Å². The van der Waals surface area contributed by atoms with Gasteiger partial charge in [0, 0.05) is 9.79 Å². The van der Waals surface area contributed by atoms with Gasteiger partial charge in [-0.3, -0.25) is 0 Å². The Kier molecular flexibility index (Phi) is 3.75. The molecule has 0 radical (unpaired) electrons. The van der Waals surface area contributed by atoms with Crippen molar-refractivity contribution in [2.45, 2.75) is 16.7 Å². The average Bonchev–Trinajstić information content (AvgIpc) is 2.59. The number of amides is 1. The average molecular weight is 333 g/mol. The third kappa shape index (κ3) is 2.65. The van der Waals surface area contributed by atoms with Crippen molar-refractivity contribution in [1.82, 2.24) is 0 Å². The highest BCUT2D eigenvalue weighted by atomic mass is 32.2. The molecule has 0 aromatic heterocycles. The molecule has 4 rings (SSSR count). The fourth-order valence-corrected chi connectivity index (χ4v) is 3.78. The van der Waals surface area contributed by atoms with E-state index in [9.17, 15) is 4.79 Å². The number of benzene rings is 3. The molecule has 1 aliphatic rings.